The third-order valence-electron chi connectivity index (χ3n) is 2.18. The summed E-state index contributed by atoms with van der Waals surface area (Å²) in [5.41, 5.74) is 7.47. The number of nitrogens with two attached hydrogens (primary N) is 1. The number of methoxy groups -OCH3 is 1. The molecule has 0 bridgehead atoms. The molecule has 0 aromatic heterocycles. The van der Waals surface area contributed by atoms with Crippen LogP contribution in [0.4, 0.5) is 0 Å². The molecule has 0 amide bonds. The summed E-state index contributed by atoms with van der Waals surface area (Å²) in [5, 5.41) is 8.92. The van der Waals surface area contributed by atoms with Gasteiger partial charge >= 0.3 is 5.97 Å². The Kier molecular flexibility index (Phi) is 4.47. The average Bonchev–Trinajstić information content (AvgIpc) is 2.30. The molecule has 0 saturated carbocycles. The number of hydrogen-bond acceptors (Lipinski definition) is 4. The van der Waals surface area contributed by atoms with Gasteiger partial charge < -0.3 is 10.5 Å². The van der Waals surface area contributed by atoms with Gasteiger partial charge in [-0.3, -0.25) is 4.79 Å². The van der Waals surface area contributed by atoms with Crippen molar-refractivity contribution in [2.24, 2.45) is 5.73 Å². The molecular weight excluding hydrogens is 272 g/mol. The Morgan fingerprint density at radius 1 is 1.56 bits per heavy atom. The fourth-order valence-electron chi connectivity index (χ4n) is 1.30. The van der Waals surface area contributed by atoms with E-state index >= 15 is 0 Å². The molecule has 0 unspecified atom stereocenters. The molecule has 0 aliphatic heterocycles. The van der Waals surface area contributed by atoms with E-state index in [-0.39, 0.29) is 12.4 Å². The highest BCUT2D eigenvalue weighted by molar-refractivity contribution is 9.10. The van der Waals surface area contributed by atoms with Gasteiger partial charge in [0, 0.05) is 11.0 Å². The van der Waals surface area contributed by atoms with E-state index in [9.17, 15) is 4.79 Å². The number of halogens is 1. The van der Waals surface area contributed by atoms with Gasteiger partial charge in [0.25, 0.3) is 0 Å². The van der Waals surface area contributed by atoms with Crippen molar-refractivity contribution in [2.75, 3.05) is 7.11 Å². The van der Waals surface area contributed by atoms with Crippen LogP contribution in [-0.4, -0.2) is 13.1 Å². The van der Waals surface area contributed by atoms with E-state index in [0.717, 1.165) is 15.6 Å². The second-order valence-corrected chi connectivity index (χ2v) is 4.02. The largest absolute Gasteiger partial charge is 0.469 e. The SMILES string of the molecule is COC(=O)Cc1cc(C#N)c(CN)cc1Br. The van der Waals surface area contributed by atoms with Gasteiger partial charge in [-0.2, -0.15) is 5.26 Å². The first kappa shape index (κ1) is 12.7. The predicted octanol–water partition coefficient (Wildman–Crippen LogP) is 1.49. The lowest BCUT2D eigenvalue weighted by atomic mass is 10.0. The Bertz CT molecular complexity index is 452. The van der Waals surface area contributed by atoms with Gasteiger partial charge in [-0.25, -0.2) is 0 Å². The number of nitrogens with zero attached hydrogens (tertiary/aromatic N) is 1. The summed E-state index contributed by atoms with van der Waals surface area (Å²) in [6, 6.07) is 5.47. The topological polar surface area (TPSA) is 76.1 Å². The first-order valence-electron chi connectivity index (χ1n) is 4.60. The fourth-order valence-corrected chi connectivity index (χ4v) is 1.83. The van der Waals surface area contributed by atoms with Crippen LogP contribution in [0, 0.1) is 11.3 Å². The van der Waals surface area contributed by atoms with E-state index in [1.54, 1.807) is 12.1 Å². The minimum atomic E-state index is -0.343. The van der Waals surface area contributed by atoms with E-state index in [0.29, 0.717) is 12.1 Å². The van der Waals surface area contributed by atoms with Crippen molar-refractivity contribution >= 4 is 21.9 Å². The Labute approximate surface area is 102 Å². The van der Waals surface area contributed by atoms with Crippen LogP contribution >= 0.6 is 15.9 Å². The van der Waals surface area contributed by atoms with Gasteiger partial charge in [0.15, 0.2) is 0 Å². The smallest absolute Gasteiger partial charge is 0.310 e. The normalized spacial score (nSPS) is 9.62. The second-order valence-electron chi connectivity index (χ2n) is 3.17. The number of carbonyl (C=O) groups excluding carboxylic acids is 1. The molecule has 0 fully saturated rings. The van der Waals surface area contributed by atoms with Crippen LogP contribution in [-0.2, 0) is 22.5 Å². The zero-order chi connectivity index (χ0) is 12.1. The summed E-state index contributed by atoms with van der Waals surface area (Å²) in [4.78, 5) is 11.1. The van der Waals surface area contributed by atoms with Crippen LogP contribution < -0.4 is 5.73 Å². The van der Waals surface area contributed by atoms with Gasteiger partial charge in [-0.05, 0) is 23.3 Å². The molecule has 0 aliphatic rings. The van der Waals surface area contributed by atoms with Gasteiger partial charge in [0.2, 0.25) is 0 Å². The zero-order valence-corrected chi connectivity index (χ0v) is 10.4. The Morgan fingerprint density at radius 3 is 2.75 bits per heavy atom. The van der Waals surface area contributed by atoms with Crippen LogP contribution in [0.25, 0.3) is 0 Å². The molecule has 0 heterocycles. The summed E-state index contributed by atoms with van der Waals surface area (Å²) in [6.45, 7) is 0.292. The molecule has 0 saturated heterocycles. The van der Waals surface area contributed by atoms with Gasteiger partial charge in [0.1, 0.15) is 0 Å². The van der Waals surface area contributed by atoms with Crippen molar-refractivity contribution in [1.82, 2.24) is 0 Å². The number of nitriles is 1. The van der Waals surface area contributed by atoms with Crippen LogP contribution in [0.1, 0.15) is 16.7 Å². The molecule has 1 rings (SSSR count). The van der Waals surface area contributed by atoms with Crippen molar-refractivity contribution in [2.45, 2.75) is 13.0 Å². The van der Waals surface area contributed by atoms with Crippen molar-refractivity contribution in [1.29, 1.82) is 5.26 Å². The molecule has 84 valence electrons. The number of esters is 1. The standard InChI is InChI=1S/C11H11BrN2O2/c1-16-11(15)4-7-2-8(5-13)9(6-14)3-10(7)12/h2-3H,4,6,14H2,1H3. The van der Waals surface area contributed by atoms with Gasteiger partial charge in [-0.1, -0.05) is 15.9 Å². The van der Waals surface area contributed by atoms with Crippen molar-refractivity contribution in [3.63, 3.8) is 0 Å². The van der Waals surface area contributed by atoms with E-state index in [1.165, 1.54) is 7.11 Å². The molecule has 5 heteroatoms. The number of ether oxygens (including phenoxy) is 1. The maximum Gasteiger partial charge on any atom is 0.310 e. The summed E-state index contributed by atoms with van der Waals surface area (Å²) < 4.78 is 5.33. The predicted molar refractivity (Wildman–Crippen MR) is 62.5 cm³/mol. The highest BCUT2D eigenvalue weighted by atomic mass is 79.9. The Balaban J connectivity index is 3.12. The summed E-state index contributed by atoms with van der Waals surface area (Å²) >= 11 is 3.34. The zero-order valence-electron chi connectivity index (χ0n) is 8.79. The number of rotatable bonds is 3. The van der Waals surface area contributed by atoms with Crippen LogP contribution in [0.3, 0.4) is 0 Å². The highest BCUT2D eigenvalue weighted by Gasteiger charge is 2.10. The molecule has 0 radical (unpaired) electrons. The van der Waals surface area contributed by atoms with Gasteiger partial charge in [0.05, 0.1) is 25.2 Å². The summed E-state index contributed by atoms with van der Waals surface area (Å²) in [7, 11) is 1.33. The monoisotopic (exact) mass is 282 g/mol. The Morgan fingerprint density at radius 2 is 2.25 bits per heavy atom. The van der Waals surface area contributed by atoms with E-state index in [1.807, 2.05) is 0 Å². The maximum absolute atomic E-state index is 11.1. The van der Waals surface area contributed by atoms with Crippen molar-refractivity contribution in [3.8, 4) is 6.07 Å². The maximum atomic E-state index is 11.1. The third kappa shape index (κ3) is 2.81. The molecule has 0 aliphatic carbocycles. The average molecular weight is 283 g/mol. The minimum Gasteiger partial charge on any atom is -0.469 e. The molecule has 16 heavy (non-hydrogen) atoms. The molecule has 0 spiro atoms. The van der Waals surface area contributed by atoms with Crippen LogP contribution in [0.2, 0.25) is 0 Å². The molecule has 2 N–H and O–H groups in total. The second kappa shape index (κ2) is 5.64. The molecule has 1 aromatic rings. The first-order chi connectivity index (χ1) is 7.62. The lowest BCUT2D eigenvalue weighted by Crippen LogP contribution is -2.07. The number of carbonyl (C=O) groups is 1. The van der Waals surface area contributed by atoms with Crippen LogP contribution in [0.5, 0.6) is 0 Å². The number of benzene rings is 1. The highest BCUT2D eigenvalue weighted by Crippen LogP contribution is 2.22. The lowest BCUT2D eigenvalue weighted by Gasteiger charge is -2.07. The first-order valence-corrected chi connectivity index (χ1v) is 5.40. The lowest BCUT2D eigenvalue weighted by molar-refractivity contribution is -0.139. The van der Waals surface area contributed by atoms with E-state index in [4.69, 9.17) is 11.0 Å². The van der Waals surface area contributed by atoms with E-state index in [2.05, 4.69) is 26.7 Å². The molecule has 4 nitrogen and oxygen atoms in total. The minimum absolute atomic E-state index is 0.136. The van der Waals surface area contributed by atoms with Crippen LogP contribution in [0.15, 0.2) is 16.6 Å². The quantitative estimate of drug-likeness (QED) is 0.853. The fraction of sp³-hybridized carbons (Fsp3) is 0.273. The number of hydrogen-bond donors (Lipinski definition) is 1. The van der Waals surface area contributed by atoms with Crippen molar-refractivity contribution < 1.29 is 9.53 Å². The molecule has 0 atom stereocenters. The third-order valence-corrected chi connectivity index (χ3v) is 2.91. The summed E-state index contributed by atoms with van der Waals surface area (Å²) in [5.74, 6) is -0.343. The Hall–Kier alpha value is -1.38. The molecular formula is C11H11BrN2O2. The van der Waals surface area contributed by atoms with E-state index < -0.39 is 0 Å². The van der Waals surface area contributed by atoms with Crippen molar-refractivity contribution in [3.05, 3.63) is 33.3 Å². The molecule has 1 aromatic carbocycles. The summed E-state index contributed by atoms with van der Waals surface area (Å²) in [6.07, 6.45) is 0.136. The van der Waals surface area contributed by atoms with Gasteiger partial charge in [-0.15, -0.1) is 0 Å².